The minimum Gasteiger partial charge on any atom is -0.465 e. The van der Waals surface area contributed by atoms with Crippen molar-refractivity contribution >= 4 is 17.3 Å². The summed E-state index contributed by atoms with van der Waals surface area (Å²) < 4.78 is 6.99. The van der Waals surface area contributed by atoms with Crippen molar-refractivity contribution in [1.29, 1.82) is 0 Å². The van der Waals surface area contributed by atoms with E-state index in [1.54, 1.807) is 16.0 Å². The maximum Gasteiger partial charge on any atom is 0.319 e. The monoisotopic (exact) mass is 307 g/mol. The van der Waals surface area contributed by atoms with Gasteiger partial charge in [0.05, 0.1) is 11.5 Å². The van der Waals surface area contributed by atoms with Gasteiger partial charge in [-0.1, -0.05) is 19.9 Å². The first-order chi connectivity index (χ1) is 10.1. The minimum absolute atomic E-state index is 0.219. The second-order valence-corrected chi connectivity index (χ2v) is 5.82. The molecule has 2 aromatic rings. The summed E-state index contributed by atoms with van der Waals surface area (Å²) in [6.07, 6.45) is 1.28. The second kappa shape index (κ2) is 6.39. The summed E-state index contributed by atoms with van der Waals surface area (Å²) in [5.74, 6) is 1.12. The molecule has 0 aliphatic carbocycles. The number of hydrogen-bond acceptors (Lipinski definition) is 5. The summed E-state index contributed by atoms with van der Waals surface area (Å²) in [5, 5.41) is 6.46. The van der Waals surface area contributed by atoms with Gasteiger partial charge in [0, 0.05) is 7.05 Å². The van der Waals surface area contributed by atoms with Gasteiger partial charge in [0.15, 0.2) is 5.82 Å². The van der Waals surface area contributed by atoms with E-state index in [4.69, 9.17) is 4.74 Å². The average Bonchev–Trinajstić information content (AvgIpc) is 3.11. The summed E-state index contributed by atoms with van der Waals surface area (Å²) in [6.45, 7) is 6.16. The van der Waals surface area contributed by atoms with E-state index in [0.29, 0.717) is 31.1 Å². The number of ether oxygens (including phenoxy) is 1. The van der Waals surface area contributed by atoms with E-state index in [1.165, 1.54) is 0 Å². The van der Waals surface area contributed by atoms with Crippen LogP contribution in [0, 0.1) is 0 Å². The number of aromatic nitrogens is 3. The molecule has 0 bridgehead atoms. The number of carbonyl (C=O) groups excluding carboxylic acids is 1. The number of carbonyl (C=O) groups is 1. The van der Waals surface area contributed by atoms with Crippen LogP contribution in [0.15, 0.2) is 17.5 Å². The Kier molecular flexibility index (Phi) is 4.77. The van der Waals surface area contributed by atoms with Crippen molar-refractivity contribution in [3.63, 3.8) is 0 Å². The van der Waals surface area contributed by atoms with Crippen molar-refractivity contribution in [3.8, 4) is 10.7 Å². The van der Waals surface area contributed by atoms with E-state index in [9.17, 15) is 4.79 Å². The van der Waals surface area contributed by atoms with Crippen LogP contribution in [0.1, 0.15) is 39.4 Å². The zero-order valence-corrected chi connectivity index (χ0v) is 13.7. The van der Waals surface area contributed by atoms with Gasteiger partial charge in [-0.25, -0.2) is 4.98 Å². The summed E-state index contributed by atoms with van der Waals surface area (Å²) in [7, 11) is 1.83. The van der Waals surface area contributed by atoms with Crippen LogP contribution >= 0.6 is 11.3 Å². The van der Waals surface area contributed by atoms with Crippen LogP contribution in [0.4, 0.5) is 0 Å². The van der Waals surface area contributed by atoms with Crippen LogP contribution < -0.4 is 0 Å². The van der Waals surface area contributed by atoms with Gasteiger partial charge in [-0.3, -0.25) is 9.48 Å². The Labute approximate surface area is 129 Å². The lowest BCUT2D eigenvalue weighted by Gasteiger charge is -2.27. The standard InChI is InChI=1S/C15H21N3O2S/c1-5-15(6-2,14(19)20-7-3)13-16-12(17-18(13)4)11-9-8-10-21-11/h8-10H,5-7H2,1-4H3. The lowest BCUT2D eigenvalue weighted by molar-refractivity contribution is -0.151. The molecule has 21 heavy (non-hydrogen) atoms. The van der Waals surface area contributed by atoms with E-state index in [0.717, 1.165) is 4.88 Å². The Bertz CT molecular complexity index is 600. The van der Waals surface area contributed by atoms with Crippen molar-refractivity contribution in [2.24, 2.45) is 7.05 Å². The van der Waals surface area contributed by atoms with E-state index in [2.05, 4.69) is 10.1 Å². The molecule has 6 heteroatoms. The molecule has 2 rings (SSSR count). The van der Waals surface area contributed by atoms with Crippen molar-refractivity contribution in [2.75, 3.05) is 6.61 Å². The molecule has 0 saturated heterocycles. The molecule has 0 N–H and O–H groups in total. The van der Waals surface area contributed by atoms with E-state index >= 15 is 0 Å². The Hall–Kier alpha value is -1.69. The first kappa shape index (κ1) is 15.7. The molecule has 2 aromatic heterocycles. The number of hydrogen-bond donors (Lipinski definition) is 0. The van der Waals surface area contributed by atoms with Gasteiger partial charge in [0.1, 0.15) is 11.2 Å². The van der Waals surface area contributed by atoms with E-state index < -0.39 is 5.41 Å². The van der Waals surface area contributed by atoms with Crippen molar-refractivity contribution < 1.29 is 9.53 Å². The average molecular weight is 307 g/mol. The third kappa shape index (κ3) is 2.72. The first-order valence-corrected chi connectivity index (χ1v) is 8.09. The molecule has 2 heterocycles. The largest absolute Gasteiger partial charge is 0.465 e. The second-order valence-electron chi connectivity index (χ2n) is 4.87. The van der Waals surface area contributed by atoms with Gasteiger partial charge in [0.2, 0.25) is 0 Å². The third-order valence-corrected chi connectivity index (χ3v) is 4.67. The predicted molar refractivity (Wildman–Crippen MR) is 83.2 cm³/mol. The van der Waals surface area contributed by atoms with Gasteiger partial charge in [-0.05, 0) is 31.2 Å². The van der Waals surface area contributed by atoms with Gasteiger partial charge in [0.25, 0.3) is 0 Å². The van der Waals surface area contributed by atoms with E-state index in [-0.39, 0.29) is 5.97 Å². The normalized spacial score (nSPS) is 11.6. The molecule has 5 nitrogen and oxygen atoms in total. The number of nitrogens with zero attached hydrogens (tertiary/aromatic N) is 3. The van der Waals surface area contributed by atoms with Gasteiger partial charge in [-0.15, -0.1) is 11.3 Å². The zero-order chi connectivity index (χ0) is 15.5. The number of esters is 1. The lowest BCUT2D eigenvalue weighted by atomic mass is 9.81. The molecule has 0 saturated carbocycles. The smallest absolute Gasteiger partial charge is 0.319 e. The van der Waals surface area contributed by atoms with Crippen LogP contribution in [-0.2, 0) is 22.0 Å². The first-order valence-electron chi connectivity index (χ1n) is 7.21. The van der Waals surface area contributed by atoms with Crippen molar-refractivity contribution in [2.45, 2.75) is 39.0 Å². The molecule has 0 fully saturated rings. The third-order valence-electron chi connectivity index (χ3n) is 3.81. The van der Waals surface area contributed by atoms with Crippen LogP contribution in [0.2, 0.25) is 0 Å². The fourth-order valence-electron chi connectivity index (χ4n) is 2.53. The summed E-state index contributed by atoms with van der Waals surface area (Å²) >= 11 is 1.59. The van der Waals surface area contributed by atoms with Crippen LogP contribution in [0.5, 0.6) is 0 Å². The highest BCUT2D eigenvalue weighted by molar-refractivity contribution is 7.13. The molecule has 0 aliphatic rings. The number of rotatable bonds is 6. The molecule has 0 unspecified atom stereocenters. The van der Waals surface area contributed by atoms with E-state index in [1.807, 2.05) is 45.3 Å². The molecular formula is C15H21N3O2S. The molecule has 0 atom stereocenters. The summed E-state index contributed by atoms with van der Waals surface area (Å²) in [6, 6.07) is 3.95. The van der Waals surface area contributed by atoms with Gasteiger partial charge in [-0.2, -0.15) is 5.10 Å². The Balaban J connectivity index is 2.48. The lowest BCUT2D eigenvalue weighted by Crippen LogP contribution is -2.39. The summed E-state index contributed by atoms with van der Waals surface area (Å²) in [5.41, 5.74) is -0.729. The Morgan fingerprint density at radius 3 is 2.62 bits per heavy atom. The molecule has 0 aromatic carbocycles. The zero-order valence-electron chi connectivity index (χ0n) is 12.9. The van der Waals surface area contributed by atoms with Crippen LogP contribution in [0.25, 0.3) is 10.7 Å². The van der Waals surface area contributed by atoms with Crippen LogP contribution in [0.3, 0.4) is 0 Å². The maximum atomic E-state index is 12.5. The summed E-state index contributed by atoms with van der Waals surface area (Å²) in [4.78, 5) is 18.1. The molecular weight excluding hydrogens is 286 g/mol. The van der Waals surface area contributed by atoms with Crippen molar-refractivity contribution in [1.82, 2.24) is 14.8 Å². The Morgan fingerprint density at radius 2 is 2.10 bits per heavy atom. The molecule has 114 valence electrons. The SMILES string of the molecule is CCOC(=O)C(CC)(CC)c1nc(-c2cccs2)nn1C. The highest BCUT2D eigenvalue weighted by Gasteiger charge is 2.42. The maximum absolute atomic E-state index is 12.5. The highest BCUT2D eigenvalue weighted by Crippen LogP contribution is 2.33. The van der Waals surface area contributed by atoms with Crippen molar-refractivity contribution in [3.05, 3.63) is 23.3 Å². The number of thiophene rings is 1. The van der Waals surface area contributed by atoms with Gasteiger partial charge < -0.3 is 4.74 Å². The fraction of sp³-hybridized carbons (Fsp3) is 0.533. The predicted octanol–water partition coefficient (Wildman–Crippen LogP) is 3.16. The minimum atomic E-state index is -0.729. The topological polar surface area (TPSA) is 57.0 Å². The highest BCUT2D eigenvalue weighted by atomic mass is 32.1. The quantitative estimate of drug-likeness (QED) is 0.769. The fourth-order valence-corrected chi connectivity index (χ4v) is 3.18. The molecule has 0 aliphatic heterocycles. The van der Waals surface area contributed by atoms with Gasteiger partial charge >= 0.3 is 5.97 Å². The van der Waals surface area contributed by atoms with Crippen LogP contribution in [-0.4, -0.2) is 27.3 Å². The molecule has 0 spiro atoms. The number of aryl methyl sites for hydroxylation is 1. The molecule has 0 amide bonds. The molecule has 0 radical (unpaired) electrons. The Morgan fingerprint density at radius 1 is 1.38 bits per heavy atom.